The van der Waals surface area contributed by atoms with Gasteiger partial charge in [0.1, 0.15) is 5.75 Å². The lowest BCUT2D eigenvalue weighted by atomic mass is 10.0. The monoisotopic (exact) mass is 303 g/mol. The van der Waals surface area contributed by atoms with Crippen molar-refractivity contribution in [2.24, 2.45) is 0 Å². The average molecular weight is 304 g/mol. The zero-order valence-electron chi connectivity index (χ0n) is 12.8. The molecule has 0 saturated carbocycles. The number of hydrogen-bond acceptors (Lipinski definition) is 2. The third-order valence-electron chi connectivity index (χ3n) is 3.17. The van der Waals surface area contributed by atoms with E-state index in [9.17, 15) is 0 Å². The molecule has 0 aliphatic carbocycles. The molecular weight excluding hydrogens is 282 g/mol. The third kappa shape index (κ3) is 4.23. The van der Waals surface area contributed by atoms with Crippen LogP contribution in [0.2, 0.25) is 5.02 Å². The van der Waals surface area contributed by atoms with Gasteiger partial charge in [-0.3, -0.25) is 0 Å². The SMILES string of the molecule is CCNCc1cc(-c2ccccc2OC(C)C)ccc1Cl. The molecule has 0 aliphatic rings. The fourth-order valence-electron chi connectivity index (χ4n) is 2.20. The molecule has 0 spiro atoms. The Morgan fingerprint density at radius 3 is 2.62 bits per heavy atom. The summed E-state index contributed by atoms with van der Waals surface area (Å²) in [6.45, 7) is 7.86. The second-order valence-corrected chi connectivity index (χ2v) is 5.66. The zero-order chi connectivity index (χ0) is 15.2. The smallest absolute Gasteiger partial charge is 0.127 e. The van der Waals surface area contributed by atoms with Crippen LogP contribution in [-0.2, 0) is 6.54 Å². The molecule has 0 amide bonds. The molecule has 112 valence electrons. The van der Waals surface area contributed by atoms with Crippen molar-refractivity contribution >= 4 is 11.6 Å². The predicted molar refractivity (Wildman–Crippen MR) is 90.0 cm³/mol. The minimum Gasteiger partial charge on any atom is -0.490 e. The summed E-state index contributed by atoms with van der Waals surface area (Å²) in [5.74, 6) is 0.907. The van der Waals surface area contributed by atoms with Crippen molar-refractivity contribution < 1.29 is 4.74 Å². The second kappa shape index (κ2) is 7.48. The van der Waals surface area contributed by atoms with Gasteiger partial charge in [-0.25, -0.2) is 0 Å². The van der Waals surface area contributed by atoms with Crippen molar-refractivity contribution in [1.82, 2.24) is 5.32 Å². The van der Waals surface area contributed by atoms with Gasteiger partial charge in [-0.1, -0.05) is 42.8 Å². The maximum absolute atomic E-state index is 6.27. The lowest BCUT2D eigenvalue weighted by molar-refractivity contribution is 0.243. The maximum Gasteiger partial charge on any atom is 0.127 e. The molecular formula is C18H22ClNO. The molecule has 21 heavy (non-hydrogen) atoms. The first-order chi connectivity index (χ1) is 10.1. The highest BCUT2D eigenvalue weighted by atomic mass is 35.5. The van der Waals surface area contributed by atoms with E-state index < -0.39 is 0 Å². The number of para-hydroxylation sites is 1. The van der Waals surface area contributed by atoms with E-state index in [0.29, 0.717) is 0 Å². The van der Waals surface area contributed by atoms with E-state index in [-0.39, 0.29) is 6.10 Å². The summed E-state index contributed by atoms with van der Waals surface area (Å²) in [6.07, 6.45) is 0.152. The van der Waals surface area contributed by atoms with Crippen LogP contribution in [0.5, 0.6) is 5.75 Å². The minimum absolute atomic E-state index is 0.152. The van der Waals surface area contributed by atoms with Crippen LogP contribution in [0.25, 0.3) is 11.1 Å². The van der Waals surface area contributed by atoms with Gasteiger partial charge in [-0.2, -0.15) is 0 Å². The largest absolute Gasteiger partial charge is 0.490 e. The second-order valence-electron chi connectivity index (χ2n) is 5.25. The minimum atomic E-state index is 0.152. The Morgan fingerprint density at radius 2 is 1.90 bits per heavy atom. The Kier molecular flexibility index (Phi) is 5.66. The van der Waals surface area contributed by atoms with Gasteiger partial charge in [0, 0.05) is 17.1 Å². The summed E-state index contributed by atoms with van der Waals surface area (Å²) >= 11 is 6.27. The summed E-state index contributed by atoms with van der Waals surface area (Å²) in [7, 11) is 0. The predicted octanol–water partition coefficient (Wildman–Crippen LogP) is 4.90. The highest BCUT2D eigenvalue weighted by Gasteiger charge is 2.09. The number of halogens is 1. The van der Waals surface area contributed by atoms with Gasteiger partial charge in [0.2, 0.25) is 0 Å². The molecule has 0 aromatic heterocycles. The quantitative estimate of drug-likeness (QED) is 0.819. The standard InChI is InChI=1S/C18H22ClNO/c1-4-20-12-15-11-14(9-10-17(15)19)16-7-5-6-8-18(16)21-13(2)3/h5-11,13,20H,4,12H2,1-3H3. The van der Waals surface area contributed by atoms with Crippen LogP contribution in [0.4, 0.5) is 0 Å². The van der Waals surface area contributed by atoms with Crippen LogP contribution < -0.4 is 10.1 Å². The molecule has 0 radical (unpaired) electrons. The maximum atomic E-state index is 6.27. The Labute approximate surface area is 132 Å². The molecule has 2 aromatic carbocycles. The summed E-state index contributed by atoms with van der Waals surface area (Å²) in [4.78, 5) is 0. The van der Waals surface area contributed by atoms with Gasteiger partial charge in [0.25, 0.3) is 0 Å². The normalized spacial score (nSPS) is 10.9. The van der Waals surface area contributed by atoms with Gasteiger partial charge < -0.3 is 10.1 Å². The number of rotatable bonds is 6. The number of hydrogen-bond donors (Lipinski definition) is 1. The highest BCUT2D eigenvalue weighted by Crippen LogP contribution is 2.32. The van der Waals surface area contributed by atoms with E-state index in [2.05, 4.69) is 24.4 Å². The lowest BCUT2D eigenvalue weighted by Crippen LogP contribution is -2.12. The first-order valence-corrected chi connectivity index (χ1v) is 7.74. The highest BCUT2D eigenvalue weighted by molar-refractivity contribution is 6.31. The molecule has 2 rings (SSSR count). The van der Waals surface area contributed by atoms with Crippen LogP contribution in [-0.4, -0.2) is 12.6 Å². The van der Waals surface area contributed by atoms with Gasteiger partial charge in [0.15, 0.2) is 0 Å². The van der Waals surface area contributed by atoms with Gasteiger partial charge >= 0.3 is 0 Å². The molecule has 0 bridgehead atoms. The molecule has 0 fully saturated rings. The molecule has 2 nitrogen and oxygen atoms in total. The molecule has 2 aromatic rings. The van der Waals surface area contributed by atoms with Crippen LogP contribution >= 0.6 is 11.6 Å². The first-order valence-electron chi connectivity index (χ1n) is 7.37. The molecule has 0 saturated heterocycles. The molecule has 1 N–H and O–H groups in total. The number of benzene rings is 2. The van der Waals surface area contributed by atoms with E-state index in [1.165, 1.54) is 0 Å². The summed E-state index contributed by atoms with van der Waals surface area (Å²) in [6, 6.07) is 14.2. The van der Waals surface area contributed by atoms with Crippen molar-refractivity contribution in [3.8, 4) is 16.9 Å². The van der Waals surface area contributed by atoms with E-state index in [4.69, 9.17) is 16.3 Å². The van der Waals surface area contributed by atoms with Gasteiger partial charge in [-0.05, 0) is 49.7 Å². The topological polar surface area (TPSA) is 21.3 Å². The Bertz CT molecular complexity index is 596. The lowest BCUT2D eigenvalue weighted by Gasteiger charge is -2.15. The van der Waals surface area contributed by atoms with Crippen LogP contribution in [0.3, 0.4) is 0 Å². The van der Waals surface area contributed by atoms with Gasteiger partial charge in [0.05, 0.1) is 6.10 Å². The third-order valence-corrected chi connectivity index (χ3v) is 3.54. The van der Waals surface area contributed by atoms with Crippen molar-refractivity contribution in [3.63, 3.8) is 0 Å². The van der Waals surface area contributed by atoms with Crippen molar-refractivity contribution in [3.05, 3.63) is 53.1 Å². The molecule has 0 atom stereocenters. The van der Waals surface area contributed by atoms with Crippen molar-refractivity contribution in [2.45, 2.75) is 33.4 Å². The van der Waals surface area contributed by atoms with Gasteiger partial charge in [-0.15, -0.1) is 0 Å². The molecule has 0 aliphatic heterocycles. The van der Waals surface area contributed by atoms with Crippen LogP contribution in [0.15, 0.2) is 42.5 Å². The Morgan fingerprint density at radius 1 is 1.14 bits per heavy atom. The first kappa shape index (κ1) is 15.9. The Hall–Kier alpha value is -1.51. The van der Waals surface area contributed by atoms with E-state index >= 15 is 0 Å². The summed E-state index contributed by atoms with van der Waals surface area (Å²) < 4.78 is 5.90. The molecule has 0 unspecified atom stereocenters. The summed E-state index contributed by atoms with van der Waals surface area (Å²) in [5.41, 5.74) is 3.33. The fraction of sp³-hybridized carbons (Fsp3) is 0.333. The molecule has 3 heteroatoms. The Balaban J connectivity index is 2.37. The zero-order valence-corrected chi connectivity index (χ0v) is 13.6. The van der Waals surface area contributed by atoms with E-state index in [1.54, 1.807) is 0 Å². The van der Waals surface area contributed by atoms with Crippen molar-refractivity contribution in [1.29, 1.82) is 0 Å². The summed E-state index contributed by atoms with van der Waals surface area (Å²) in [5, 5.41) is 4.11. The van der Waals surface area contributed by atoms with E-state index in [1.807, 2.05) is 44.2 Å². The fourth-order valence-corrected chi connectivity index (χ4v) is 2.38. The van der Waals surface area contributed by atoms with Crippen LogP contribution in [0.1, 0.15) is 26.3 Å². The number of nitrogens with one attached hydrogen (secondary N) is 1. The molecule has 0 heterocycles. The van der Waals surface area contributed by atoms with Crippen molar-refractivity contribution in [2.75, 3.05) is 6.54 Å². The van der Waals surface area contributed by atoms with Crippen LogP contribution in [0, 0.1) is 0 Å². The average Bonchev–Trinajstić information content (AvgIpc) is 2.46. The van der Waals surface area contributed by atoms with E-state index in [0.717, 1.165) is 40.6 Å². The number of ether oxygens (including phenoxy) is 1.